The zero-order valence-corrected chi connectivity index (χ0v) is 16.0. The molecule has 146 valence electrons. The number of halogens is 2. The second-order valence-electron chi connectivity index (χ2n) is 7.22. The summed E-state index contributed by atoms with van der Waals surface area (Å²) in [6, 6.07) is 7.62. The number of aliphatic hydroxyl groups is 1. The van der Waals surface area contributed by atoms with Crippen LogP contribution in [0.5, 0.6) is 0 Å². The minimum Gasteiger partial charge on any atom is -0.391 e. The fourth-order valence-corrected chi connectivity index (χ4v) is 4.04. The number of fused-ring (bicyclic) bond motifs is 1. The second kappa shape index (κ2) is 7.89. The Balaban J connectivity index is 1.67. The first-order valence-electron chi connectivity index (χ1n) is 9.39. The Bertz CT molecular complexity index is 1000. The maximum Gasteiger partial charge on any atom is 0.255 e. The number of benzene rings is 1. The van der Waals surface area contributed by atoms with Gasteiger partial charge in [-0.1, -0.05) is 36.6 Å². The van der Waals surface area contributed by atoms with Gasteiger partial charge in [0.25, 0.3) is 5.91 Å². The summed E-state index contributed by atoms with van der Waals surface area (Å²) < 4.78 is 15.0. The maximum absolute atomic E-state index is 13.2. The van der Waals surface area contributed by atoms with Gasteiger partial charge in [0.1, 0.15) is 11.3 Å². The van der Waals surface area contributed by atoms with Crippen molar-refractivity contribution in [1.82, 2.24) is 14.9 Å². The first-order valence-corrected chi connectivity index (χ1v) is 9.77. The maximum atomic E-state index is 13.2. The van der Waals surface area contributed by atoms with Crippen molar-refractivity contribution in [3.63, 3.8) is 0 Å². The van der Waals surface area contributed by atoms with Gasteiger partial charge in [0.05, 0.1) is 28.2 Å². The van der Waals surface area contributed by atoms with E-state index in [0.29, 0.717) is 34.6 Å². The van der Waals surface area contributed by atoms with E-state index in [1.165, 1.54) is 12.1 Å². The molecule has 3 aromatic rings. The monoisotopic (exact) mass is 401 g/mol. The molecule has 1 fully saturated rings. The number of aliphatic hydroxyl groups excluding tert-OH is 1. The van der Waals surface area contributed by atoms with Gasteiger partial charge in [0.15, 0.2) is 0 Å². The van der Waals surface area contributed by atoms with Gasteiger partial charge in [0, 0.05) is 18.9 Å². The molecule has 1 aromatic carbocycles. The predicted octanol–water partition coefficient (Wildman–Crippen LogP) is 3.91. The highest BCUT2D eigenvalue weighted by molar-refractivity contribution is 6.35. The number of rotatable bonds is 4. The van der Waals surface area contributed by atoms with E-state index in [4.69, 9.17) is 11.6 Å². The summed E-state index contributed by atoms with van der Waals surface area (Å²) in [6.07, 6.45) is 6.18. The van der Waals surface area contributed by atoms with Gasteiger partial charge in [-0.2, -0.15) is 0 Å². The molecule has 1 unspecified atom stereocenters. The molecule has 0 saturated heterocycles. The lowest BCUT2D eigenvalue weighted by atomic mass is 9.92. The zero-order valence-electron chi connectivity index (χ0n) is 15.2. The Kier molecular flexibility index (Phi) is 5.33. The summed E-state index contributed by atoms with van der Waals surface area (Å²) in [6.45, 7) is 0.432. The van der Waals surface area contributed by atoms with Crippen LogP contribution < -0.4 is 5.32 Å². The average molecular weight is 402 g/mol. The first-order chi connectivity index (χ1) is 13.5. The van der Waals surface area contributed by atoms with Crippen LogP contribution in [0.2, 0.25) is 5.02 Å². The Morgan fingerprint density at radius 2 is 2.00 bits per heavy atom. The summed E-state index contributed by atoms with van der Waals surface area (Å²) in [7, 11) is 0. The van der Waals surface area contributed by atoms with Crippen molar-refractivity contribution < 1.29 is 14.3 Å². The summed E-state index contributed by atoms with van der Waals surface area (Å²) >= 11 is 6.39. The van der Waals surface area contributed by atoms with Crippen molar-refractivity contribution in [1.29, 1.82) is 0 Å². The van der Waals surface area contributed by atoms with E-state index in [-0.39, 0.29) is 17.8 Å². The number of amides is 1. The van der Waals surface area contributed by atoms with Crippen LogP contribution in [0.4, 0.5) is 4.39 Å². The lowest BCUT2D eigenvalue weighted by Gasteiger charge is -2.28. The van der Waals surface area contributed by atoms with Crippen LogP contribution in [0.15, 0.2) is 42.7 Å². The number of nitrogens with zero attached hydrogens (tertiary/aromatic N) is 2. The quantitative estimate of drug-likeness (QED) is 0.696. The van der Waals surface area contributed by atoms with Gasteiger partial charge >= 0.3 is 0 Å². The molecule has 2 heterocycles. The number of carbonyl (C=O) groups is 1. The molecule has 0 spiro atoms. The second-order valence-corrected chi connectivity index (χ2v) is 7.63. The smallest absolute Gasteiger partial charge is 0.255 e. The van der Waals surface area contributed by atoms with E-state index in [0.717, 1.165) is 24.8 Å². The number of hydrogen-bond donors (Lipinski definition) is 2. The van der Waals surface area contributed by atoms with Crippen LogP contribution in [0.1, 0.15) is 41.6 Å². The molecule has 2 N–H and O–H groups in total. The molecule has 1 amide bonds. The fourth-order valence-electron chi connectivity index (χ4n) is 3.79. The van der Waals surface area contributed by atoms with Crippen LogP contribution in [-0.2, 0) is 6.54 Å². The molecule has 0 aliphatic heterocycles. The lowest BCUT2D eigenvalue weighted by Crippen LogP contribution is -2.45. The third-order valence-electron chi connectivity index (χ3n) is 5.26. The largest absolute Gasteiger partial charge is 0.391 e. The third kappa shape index (κ3) is 3.75. The molecule has 5 nitrogen and oxygen atoms in total. The van der Waals surface area contributed by atoms with Gasteiger partial charge in [-0.05, 0) is 36.6 Å². The molecule has 28 heavy (non-hydrogen) atoms. The zero-order chi connectivity index (χ0) is 19.7. The van der Waals surface area contributed by atoms with Gasteiger partial charge in [0.2, 0.25) is 0 Å². The van der Waals surface area contributed by atoms with Crippen LogP contribution in [0.25, 0.3) is 11.0 Å². The highest BCUT2D eigenvalue weighted by Gasteiger charge is 2.27. The van der Waals surface area contributed by atoms with E-state index in [1.54, 1.807) is 30.6 Å². The van der Waals surface area contributed by atoms with Crippen molar-refractivity contribution in [3.05, 3.63) is 64.7 Å². The Hall–Kier alpha value is -2.44. The van der Waals surface area contributed by atoms with Crippen molar-refractivity contribution in [2.24, 2.45) is 0 Å². The first kappa shape index (κ1) is 18.9. The number of nitrogens with one attached hydrogen (secondary N) is 1. The number of pyridine rings is 1. The highest BCUT2D eigenvalue weighted by atomic mass is 35.5. The molecule has 0 bridgehead atoms. The van der Waals surface area contributed by atoms with E-state index < -0.39 is 6.10 Å². The van der Waals surface area contributed by atoms with Crippen molar-refractivity contribution in [3.8, 4) is 0 Å². The van der Waals surface area contributed by atoms with Gasteiger partial charge in [-0.3, -0.25) is 9.78 Å². The Morgan fingerprint density at radius 3 is 2.75 bits per heavy atom. The molecule has 1 aliphatic rings. The molecule has 1 saturated carbocycles. The van der Waals surface area contributed by atoms with Crippen molar-refractivity contribution in [2.75, 3.05) is 0 Å². The van der Waals surface area contributed by atoms with Crippen molar-refractivity contribution in [2.45, 2.75) is 44.4 Å². The topological polar surface area (TPSA) is 67.2 Å². The summed E-state index contributed by atoms with van der Waals surface area (Å²) in [5.41, 5.74) is 2.46. The van der Waals surface area contributed by atoms with E-state index in [1.807, 2.05) is 4.57 Å². The summed E-state index contributed by atoms with van der Waals surface area (Å²) in [4.78, 5) is 17.3. The Morgan fingerprint density at radius 1 is 1.25 bits per heavy atom. The van der Waals surface area contributed by atoms with Crippen molar-refractivity contribution >= 4 is 28.5 Å². The van der Waals surface area contributed by atoms with E-state index in [9.17, 15) is 14.3 Å². The molecule has 4 rings (SSSR count). The van der Waals surface area contributed by atoms with Gasteiger partial charge in [-0.25, -0.2) is 4.39 Å². The minimum absolute atomic E-state index is 0.254. The molecule has 2 atom stereocenters. The molecular formula is C21H21ClFN3O2. The molecule has 1 aliphatic carbocycles. The fraction of sp³-hybridized carbons (Fsp3) is 0.333. The van der Waals surface area contributed by atoms with Crippen LogP contribution in [-0.4, -0.2) is 32.7 Å². The van der Waals surface area contributed by atoms with E-state index in [2.05, 4.69) is 10.3 Å². The summed E-state index contributed by atoms with van der Waals surface area (Å²) in [5.74, 6) is -0.574. The molecule has 2 aromatic heterocycles. The van der Waals surface area contributed by atoms with Crippen LogP contribution in [0, 0.1) is 5.82 Å². The highest BCUT2D eigenvalue weighted by Crippen LogP contribution is 2.28. The number of aromatic nitrogens is 2. The van der Waals surface area contributed by atoms with Gasteiger partial charge in [-0.15, -0.1) is 0 Å². The van der Waals surface area contributed by atoms with E-state index >= 15 is 0 Å². The van der Waals surface area contributed by atoms with Gasteiger partial charge < -0.3 is 15.0 Å². The molecule has 7 heteroatoms. The standard InChI is InChI=1S/C21H21ClFN3O2/c22-16-9-10-24-19-15(21(28)25-17-3-1-2-4-18(17)27)12-26(20(16)19)11-13-5-7-14(23)8-6-13/h5-10,12,17-18,27H,1-4,11H2,(H,25,28)/t17?,18-/m0/s1. The lowest BCUT2D eigenvalue weighted by molar-refractivity contribution is 0.0718. The predicted molar refractivity (Wildman–Crippen MR) is 106 cm³/mol. The Labute approximate surface area is 167 Å². The minimum atomic E-state index is -0.526. The summed E-state index contributed by atoms with van der Waals surface area (Å²) in [5, 5.41) is 13.6. The third-order valence-corrected chi connectivity index (χ3v) is 5.56. The molecule has 0 radical (unpaired) electrons. The SMILES string of the molecule is O=C(NC1CCCC[C@@H]1O)c1cn(Cc2ccc(F)cc2)c2c(Cl)ccnc12. The molecular weight excluding hydrogens is 381 g/mol. The number of hydrogen-bond acceptors (Lipinski definition) is 3. The number of carbonyl (C=O) groups excluding carboxylic acids is 1. The van der Waals surface area contributed by atoms with Crippen LogP contribution in [0.3, 0.4) is 0 Å². The normalized spacial score (nSPS) is 19.7. The average Bonchev–Trinajstić information content (AvgIpc) is 3.05. The van der Waals surface area contributed by atoms with Crippen LogP contribution >= 0.6 is 11.6 Å².